The van der Waals surface area contributed by atoms with E-state index in [1.54, 1.807) is 31.2 Å². The van der Waals surface area contributed by atoms with Crippen LogP contribution in [0.4, 0.5) is 0 Å². The lowest BCUT2D eigenvalue weighted by Gasteiger charge is -2.29. The zero-order chi connectivity index (χ0) is 20.0. The van der Waals surface area contributed by atoms with Crippen molar-refractivity contribution in [1.82, 2.24) is 4.90 Å². The number of nitrogens with zero attached hydrogens (tertiary/aromatic N) is 1. The zero-order valence-electron chi connectivity index (χ0n) is 16.5. The lowest BCUT2D eigenvalue weighted by Crippen LogP contribution is -2.29. The Bertz CT molecular complexity index is 1110. The van der Waals surface area contributed by atoms with Crippen LogP contribution in [0.25, 0.3) is 22.3 Å². The molecule has 2 heterocycles. The van der Waals surface area contributed by atoms with Gasteiger partial charge in [0.2, 0.25) is 11.2 Å². The molecule has 1 saturated heterocycles. The van der Waals surface area contributed by atoms with Gasteiger partial charge in [0.05, 0.1) is 5.39 Å². The molecule has 0 spiro atoms. The summed E-state index contributed by atoms with van der Waals surface area (Å²) >= 11 is 0. The van der Waals surface area contributed by atoms with Crippen LogP contribution in [0.3, 0.4) is 0 Å². The van der Waals surface area contributed by atoms with Crippen molar-refractivity contribution in [3.05, 3.63) is 57.2 Å². The maximum absolute atomic E-state index is 12.9. The quantitative estimate of drug-likeness (QED) is 0.695. The first-order chi connectivity index (χ1) is 13.3. The van der Waals surface area contributed by atoms with Crippen molar-refractivity contribution < 1.29 is 14.6 Å². The monoisotopic (exact) mass is 379 g/mol. The van der Waals surface area contributed by atoms with Crippen molar-refractivity contribution in [2.45, 2.75) is 32.6 Å². The molecule has 0 aliphatic carbocycles. The molecule has 28 heavy (non-hydrogen) atoms. The van der Waals surface area contributed by atoms with Gasteiger partial charge < -0.3 is 19.5 Å². The number of aryl methyl sites for hydroxylation is 2. The third-order valence-corrected chi connectivity index (χ3v) is 5.76. The van der Waals surface area contributed by atoms with Crippen molar-refractivity contribution in [2.24, 2.45) is 0 Å². The fraction of sp³-hybridized carbons (Fsp3) is 0.348. The Labute approximate surface area is 163 Å². The van der Waals surface area contributed by atoms with Gasteiger partial charge in [0, 0.05) is 5.56 Å². The zero-order valence-corrected chi connectivity index (χ0v) is 16.5. The van der Waals surface area contributed by atoms with Gasteiger partial charge in [0.15, 0.2) is 5.76 Å². The minimum atomic E-state index is -0.417. The van der Waals surface area contributed by atoms with Crippen LogP contribution in [-0.4, -0.2) is 35.3 Å². The fourth-order valence-corrected chi connectivity index (χ4v) is 4.08. The Kier molecular flexibility index (Phi) is 4.63. The van der Waals surface area contributed by atoms with E-state index < -0.39 is 11.2 Å². The second-order valence-corrected chi connectivity index (χ2v) is 7.92. The number of phenols is 1. The number of aromatic hydroxyl groups is 2. The minimum Gasteiger partial charge on any atom is -0.508 e. The Morgan fingerprint density at radius 1 is 1.07 bits per heavy atom. The Morgan fingerprint density at radius 2 is 1.79 bits per heavy atom. The highest BCUT2D eigenvalue weighted by Crippen LogP contribution is 2.38. The molecule has 1 fully saturated rings. The van der Waals surface area contributed by atoms with Crippen molar-refractivity contribution in [3.8, 4) is 22.8 Å². The predicted molar refractivity (Wildman–Crippen MR) is 110 cm³/mol. The number of hydrogen-bond acceptors (Lipinski definition) is 5. The molecule has 0 radical (unpaired) electrons. The molecule has 2 aromatic carbocycles. The topological polar surface area (TPSA) is 73.9 Å². The van der Waals surface area contributed by atoms with Crippen molar-refractivity contribution in [2.75, 3.05) is 20.1 Å². The number of hydrogen-bond donors (Lipinski definition) is 2. The standard InChI is InChI=1S/C23H25NO4/c1-13-10-17(15-6-8-24(3)9-7-15)23-18(11-13)20(26)21(27)22(28-23)16-4-5-19(25)14(2)12-16/h4-5,10-12,15,25,27H,6-9H2,1-3H3. The molecule has 3 aromatic rings. The third-order valence-electron chi connectivity index (χ3n) is 5.76. The van der Waals surface area contributed by atoms with E-state index in [0.717, 1.165) is 37.1 Å². The Morgan fingerprint density at radius 3 is 2.46 bits per heavy atom. The SMILES string of the molecule is Cc1cc(C2CCN(C)CC2)c2oc(-c3ccc(O)c(C)c3)c(O)c(=O)c2c1. The molecule has 0 saturated carbocycles. The van der Waals surface area contributed by atoms with Crippen molar-refractivity contribution in [3.63, 3.8) is 0 Å². The van der Waals surface area contributed by atoms with E-state index in [9.17, 15) is 15.0 Å². The summed E-state index contributed by atoms with van der Waals surface area (Å²) in [6.07, 6.45) is 2.01. The van der Waals surface area contributed by atoms with Crippen LogP contribution >= 0.6 is 0 Å². The second kappa shape index (κ2) is 6.99. The maximum Gasteiger partial charge on any atom is 0.235 e. The van der Waals surface area contributed by atoms with Gasteiger partial charge in [-0.05, 0) is 93.7 Å². The van der Waals surface area contributed by atoms with Gasteiger partial charge in [-0.25, -0.2) is 0 Å². The summed E-state index contributed by atoms with van der Waals surface area (Å²) in [4.78, 5) is 15.3. The molecule has 5 nitrogen and oxygen atoms in total. The van der Waals surface area contributed by atoms with Gasteiger partial charge in [-0.15, -0.1) is 0 Å². The average molecular weight is 379 g/mol. The first-order valence-electron chi connectivity index (χ1n) is 9.64. The predicted octanol–water partition coefficient (Wildman–Crippen LogP) is 4.30. The van der Waals surface area contributed by atoms with Crippen LogP contribution in [0.5, 0.6) is 11.5 Å². The van der Waals surface area contributed by atoms with Gasteiger partial charge in [0.1, 0.15) is 11.3 Å². The summed E-state index contributed by atoms with van der Waals surface area (Å²) < 4.78 is 6.18. The van der Waals surface area contributed by atoms with E-state index in [1.165, 1.54) is 0 Å². The molecule has 5 heteroatoms. The van der Waals surface area contributed by atoms with Crippen LogP contribution < -0.4 is 5.43 Å². The van der Waals surface area contributed by atoms with Crippen molar-refractivity contribution in [1.29, 1.82) is 0 Å². The van der Waals surface area contributed by atoms with Crippen LogP contribution in [0.2, 0.25) is 0 Å². The first kappa shape index (κ1) is 18.6. The number of rotatable bonds is 2. The number of piperidine rings is 1. The Hall–Kier alpha value is -2.79. The molecule has 0 bridgehead atoms. The smallest absolute Gasteiger partial charge is 0.235 e. The summed E-state index contributed by atoms with van der Waals surface area (Å²) in [7, 11) is 2.12. The number of fused-ring (bicyclic) bond motifs is 1. The van der Waals surface area contributed by atoms with Crippen LogP contribution in [0, 0.1) is 13.8 Å². The normalized spacial score (nSPS) is 16.0. The molecule has 1 aliphatic rings. The second-order valence-electron chi connectivity index (χ2n) is 7.92. The maximum atomic E-state index is 12.9. The summed E-state index contributed by atoms with van der Waals surface area (Å²) in [5.74, 6) is 0.242. The molecule has 1 aliphatic heterocycles. The van der Waals surface area contributed by atoms with E-state index in [0.29, 0.717) is 28.0 Å². The molecule has 146 valence electrons. The molecular formula is C23H25NO4. The number of phenolic OH excluding ortho intramolecular Hbond substituents is 1. The molecule has 1 aromatic heterocycles. The fourth-order valence-electron chi connectivity index (χ4n) is 4.08. The first-order valence-corrected chi connectivity index (χ1v) is 9.64. The van der Waals surface area contributed by atoms with Crippen LogP contribution in [-0.2, 0) is 0 Å². The minimum absolute atomic E-state index is 0.152. The summed E-state index contributed by atoms with van der Waals surface area (Å²) in [5.41, 5.74) is 3.39. The highest BCUT2D eigenvalue weighted by atomic mass is 16.4. The molecule has 2 N–H and O–H groups in total. The highest BCUT2D eigenvalue weighted by Gasteiger charge is 2.24. The van der Waals surface area contributed by atoms with E-state index in [4.69, 9.17) is 4.42 Å². The van der Waals surface area contributed by atoms with Crippen LogP contribution in [0.1, 0.15) is 35.4 Å². The lowest BCUT2D eigenvalue weighted by atomic mass is 9.87. The Balaban J connectivity index is 1.95. The summed E-state index contributed by atoms with van der Waals surface area (Å²) in [5, 5.41) is 20.8. The van der Waals surface area contributed by atoms with E-state index in [-0.39, 0.29) is 11.5 Å². The summed E-state index contributed by atoms with van der Waals surface area (Å²) in [6.45, 7) is 5.74. The molecule has 4 rings (SSSR count). The van der Waals surface area contributed by atoms with Gasteiger partial charge in [0.25, 0.3) is 0 Å². The van der Waals surface area contributed by atoms with E-state index >= 15 is 0 Å². The number of benzene rings is 2. The van der Waals surface area contributed by atoms with Crippen molar-refractivity contribution >= 4 is 11.0 Å². The largest absolute Gasteiger partial charge is 0.508 e. The van der Waals surface area contributed by atoms with Gasteiger partial charge in [-0.3, -0.25) is 4.79 Å². The highest BCUT2D eigenvalue weighted by molar-refractivity contribution is 5.85. The van der Waals surface area contributed by atoms with E-state index in [1.807, 2.05) is 6.92 Å². The van der Waals surface area contributed by atoms with E-state index in [2.05, 4.69) is 18.0 Å². The average Bonchev–Trinajstić information content (AvgIpc) is 2.67. The number of likely N-dealkylation sites (tertiary alicyclic amines) is 1. The third kappa shape index (κ3) is 3.16. The van der Waals surface area contributed by atoms with Gasteiger partial charge >= 0.3 is 0 Å². The van der Waals surface area contributed by atoms with Gasteiger partial charge in [-0.2, -0.15) is 0 Å². The van der Waals surface area contributed by atoms with Gasteiger partial charge in [-0.1, -0.05) is 6.07 Å². The lowest BCUT2D eigenvalue weighted by molar-refractivity contribution is 0.255. The molecular weight excluding hydrogens is 354 g/mol. The molecule has 0 atom stereocenters. The molecule has 0 unspecified atom stereocenters. The van der Waals surface area contributed by atoms with Crippen LogP contribution in [0.15, 0.2) is 39.5 Å². The molecule has 0 amide bonds. The summed E-state index contributed by atoms with van der Waals surface area (Å²) in [6, 6.07) is 8.79.